The second-order valence-corrected chi connectivity index (χ2v) is 9.72. The molecule has 1 aliphatic heterocycles. The molecular weight excluding hydrogens is 462 g/mol. The summed E-state index contributed by atoms with van der Waals surface area (Å²) in [7, 11) is -3.56. The molecule has 11 nitrogen and oxygen atoms in total. The Labute approximate surface area is 196 Å². The first-order chi connectivity index (χ1) is 16.2. The second kappa shape index (κ2) is 10.6. The summed E-state index contributed by atoms with van der Waals surface area (Å²) in [5, 5.41) is 0. The molecule has 1 aliphatic rings. The average molecular weight is 490 g/mol. The number of sulfonamides is 1. The summed E-state index contributed by atoms with van der Waals surface area (Å²) in [5.74, 6) is -0.654. The molecule has 1 amide bonds. The molecule has 12 heteroatoms. The van der Waals surface area contributed by atoms with Gasteiger partial charge in [0.25, 0.3) is 0 Å². The van der Waals surface area contributed by atoms with Gasteiger partial charge in [0.1, 0.15) is 6.54 Å². The van der Waals surface area contributed by atoms with E-state index in [1.54, 1.807) is 24.3 Å². The predicted molar refractivity (Wildman–Crippen MR) is 127 cm³/mol. The number of hydrogen-bond acceptors (Lipinski definition) is 6. The fraction of sp³-hybridized carbons (Fsp3) is 0.364. The molecule has 1 saturated heterocycles. The maximum Gasteiger partial charge on any atom is 0.337 e. The van der Waals surface area contributed by atoms with Gasteiger partial charge in [0, 0.05) is 26.2 Å². The Balaban J connectivity index is 1.75. The number of nitrogens with zero attached hydrogens (tertiary/aromatic N) is 5. The van der Waals surface area contributed by atoms with Crippen molar-refractivity contribution in [1.29, 1.82) is 0 Å². The van der Waals surface area contributed by atoms with Crippen molar-refractivity contribution < 1.29 is 13.2 Å². The van der Waals surface area contributed by atoms with Crippen molar-refractivity contribution in [2.45, 2.75) is 25.4 Å². The van der Waals surface area contributed by atoms with E-state index in [9.17, 15) is 27.6 Å². The summed E-state index contributed by atoms with van der Waals surface area (Å²) in [4.78, 5) is 52.1. The van der Waals surface area contributed by atoms with Gasteiger partial charge in [-0.3, -0.25) is 4.79 Å². The van der Waals surface area contributed by atoms with Gasteiger partial charge in [0.15, 0.2) is 0 Å². The van der Waals surface area contributed by atoms with Crippen molar-refractivity contribution in [3.8, 4) is 0 Å². The highest BCUT2D eigenvalue weighted by atomic mass is 32.2. The SMILES string of the molecule is C=CCn1c(=O)n(CC=C)c(=O)n(CC(=O)N2CCN(S(=O)(=O)Cc3ccccc3)CC2)c1=O. The van der Waals surface area contributed by atoms with E-state index in [2.05, 4.69) is 13.2 Å². The van der Waals surface area contributed by atoms with Crippen molar-refractivity contribution in [3.05, 3.63) is 92.7 Å². The van der Waals surface area contributed by atoms with Crippen molar-refractivity contribution in [1.82, 2.24) is 22.9 Å². The molecular formula is C22H27N5O6S. The molecule has 0 N–H and O–H groups in total. The number of carbonyl (C=O) groups is 1. The number of carbonyl (C=O) groups excluding carboxylic acids is 1. The topological polar surface area (TPSA) is 124 Å². The highest BCUT2D eigenvalue weighted by Crippen LogP contribution is 2.13. The van der Waals surface area contributed by atoms with Crippen molar-refractivity contribution in [2.24, 2.45) is 0 Å². The van der Waals surface area contributed by atoms with Crippen LogP contribution in [0.15, 0.2) is 70.0 Å². The third-order valence-electron chi connectivity index (χ3n) is 5.48. The van der Waals surface area contributed by atoms with Crippen LogP contribution in [0.2, 0.25) is 0 Å². The first kappa shape index (κ1) is 25.1. The van der Waals surface area contributed by atoms with E-state index >= 15 is 0 Å². The van der Waals surface area contributed by atoms with Gasteiger partial charge in [-0.1, -0.05) is 42.5 Å². The number of allylic oxidation sites excluding steroid dienone is 2. The summed E-state index contributed by atoms with van der Waals surface area (Å²) in [5.41, 5.74) is -1.96. The van der Waals surface area contributed by atoms with Crippen LogP contribution < -0.4 is 17.1 Å². The van der Waals surface area contributed by atoms with Crippen LogP contribution >= 0.6 is 0 Å². The quantitative estimate of drug-likeness (QED) is 0.426. The van der Waals surface area contributed by atoms with E-state index in [4.69, 9.17) is 0 Å². The molecule has 34 heavy (non-hydrogen) atoms. The van der Waals surface area contributed by atoms with Crippen LogP contribution in [0.4, 0.5) is 0 Å². The van der Waals surface area contributed by atoms with E-state index in [1.165, 1.54) is 21.4 Å². The van der Waals surface area contributed by atoms with Crippen LogP contribution in [0.3, 0.4) is 0 Å². The minimum atomic E-state index is -3.56. The van der Waals surface area contributed by atoms with Crippen molar-refractivity contribution >= 4 is 15.9 Å². The van der Waals surface area contributed by atoms with Gasteiger partial charge >= 0.3 is 17.1 Å². The molecule has 3 rings (SSSR count). The first-order valence-corrected chi connectivity index (χ1v) is 12.3. The third kappa shape index (κ3) is 5.34. The Hall–Kier alpha value is -3.51. The number of benzene rings is 1. The molecule has 2 heterocycles. The lowest BCUT2D eigenvalue weighted by atomic mass is 10.2. The molecule has 0 bridgehead atoms. The molecule has 182 valence electrons. The molecule has 2 aromatic rings. The lowest BCUT2D eigenvalue weighted by molar-refractivity contribution is -0.133. The summed E-state index contributed by atoms with van der Waals surface area (Å²) in [6, 6.07) is 8.82. The van der Waals surface area contributed by atoms with Crippen LogP contribution in [-0.4, -0.2) is 63.4 Å². The lowest BCUT2D eigenvalue weighted by Crippen LogP contribution is -2.57. The van der Waals surface area contributed by atoms with Crippen LogP contribution in [-0.2, 0) is 40.2 Å². The fourth-order valence-electron chi connectivity index (χ4n) is 3.72. The van der Waals surface area contributed by atoms with Crippen molar-refractivity contribution in [3.63, 3.8) is 0 Å². The summed E-state index contributed by atoms with van der Waals surface area (Å²) in [6.45, 7) is 6.65. The summed E-state index contributed by atoms with van der Waals surface area (Å²) < 4.78 is 29.1. The zero-order valence-electron chi connectivity index (χ0n) is 18.7. The third-order valence-corrected chi connectivity index (χ3v) is 7.33. The number of aromatic nitrogens is 3. The normalized spacial score (nSPS) is 14.6. The van der Waals surface area contributed by atoms with Gasteiger partial charge in [-0.2, -0.15) is 4.31 Å². The molecule has 1 fully saturated rings. The Morgan fingerprint density at radius 3 is 1.82 bits per heavy atom. The number of piperazine rings is 1. The van der Waals surface area contributed by atoms with Crippen LogP contribution in [0.25, 0.3) is 0 Å². The van der Waals surface area contributed by atoms with Gasteiger partial charge < -0.3 is 4.90 Å². The Morgan fingerprint density at radius 2 is 1.32 bits per heavy atom. The maximum absolute atomic E-state index is 12.9. The van der Waals surface area contributed by atoms with Gasteiger partial charge in [0.2, 0.25) is 15.9 Å². The summed E-state index contributed by atoms with van der Waals surface area (Å²) >= 11 is 0. The Bertz CT molecular complexity index is 1300. The zero-order chi connectivity index (χ0) is 24.9. The number of amides is 1. The van der Waals surface area contributed by atoms with E-state index in [1.807, 2.05) is 6.07 Å². The molecule has 0 radical (unpaired) electrons. The predicted octanol–water partition coefficient (Wildman–Crippen LogP) is -0.782. The minimum Gasteiger partial charge on any atom is -0.338 e. The number of hydrogen-bond donors (Lipinski definition) is 0. The van der Waals surface area contributed by atoms with E-state index in [-0.39, 0.29) is 45.0 Å². The summed E-state index contributed by atoms with van der Waals surface area (Å²) in [6.07, 6.45) is 2.68. The molecule has 0 spiro atoms. The largest absolute Gasteiger partial charge is 0.338 e. The van der Waals surface area contributed by atoms with Gasteiger partial charge in [0.05, 0.1) is 18.8 Å². The average Bonchev–Trinajstić information content (AvgIpc) is 2.82. The standard InChI is InChI=1S/C22H27N5O6S/c1-3-10-25-20(29)26(11-4-2)22(31)27(21(25)30)16-19(28)23-12-14-24(15-13-23)34(32,33)17-18-8-6-5-7-9-18/h3-9H,1-2,10-17H2. The van der Waals surface area contributed by atoms with E-state index < -0.39 is 39.5 Å². The van der Waals surface area contributed by atoms with Gasteiger partial charge in [-0.25, -0.2) is 36.5 Å². The highest BCUT2D eigenvalue weighted by molar-refractivity contribution is 7.88. The second-order valence-electron chi connectivity index (χ2n) is 7.75. The van der Waals surface area contributed by atoms with Gasteiger partial charge in [-0.05, 0) is 5.56 Å². The van der Waals surface area contributed by atoms with Crippen LogP contribution in [0.1, 0.15) is 5.56 Å². The van der Waals surface area contributed by atoms with Crippen LogP contribution in [0, 0.1) is 0 Å². The minimum absolute atomic E-state index is 0.104. The Morgan fingerprint density at radius 1 is 0.824 bits per heavy atom. The first-order valence-electron chi connectivity index (χ1n) is 10.7. The molecule has 0 atom stereocenters. The van der Waals surface area contributed by atoms with E-state index in [0.29, 0.717) is 10.1 Å². The van der Waals surface area contributed by atoms with E-state index in [0.717, 1.165) is 9.13 Å². The molecule has 1 aromatic carbocycles. The maximum atomic E-state index is 12.9. The highest BCUT2D eigenvalue weighted by Gasteiger charge is 2.29. The molecule has 0 aliphatic carbocycles. The van der Waals surface area contributed by atoms with Gasteiger partial charge in [-0.15, -0.1) is 13.2 Å². The zero-order valence-corrected chi connectivity index (χ0v) is 19.5. The lowest BCUT2D eigenvalue weighted by Gasteiger charge is -2.34. The molecule has 1 aromatic heterocycles. The smallest absolute Gasteiger partial charge is 0.337 e. The fourth-order valence-corrected chi connectivity index (χ4v) is 5.23. The van der Waals surface area contributed by atoms with Crippen molar-refractivity contribution in [2.75, 3.05) is 26.2 Å². The monoisotopic (exact) mass is 489 g/mol. The molecule has 0 saturated carbocycles. The van der Waals surface area contributed by atoms with Crippen LogP contribution in [0.5, 0.6) is 0 Å². The number of rotatable bonds is 9. The Kier molecular flexibility index (Phi) is 7.84. The molecule has 0 unspecified atom stereocenters.